The number of halogens is 1. The van der Waals surface area contributed by atoms with E-state index >= 15 is 0 Å². The van der Waals surface area contributed by atoms with Crippen LogP contribution in [0.3, 0.4) is 0 Å². The summed E-state index contributed by atoms with van der Waals surface area (Å²) < 4.78 is 5.61. The normalized spacial score (nSPS) is 11.6. The van der Waals surface area contributed by atoms with Gasteiger partial charge in [-0.25, -0.2) is 4.98 Å². The van der Waals surface area contributed by atoms with E-state index in [9.17, 15) is 9.59 Å². The number of aryl methyl sites for hydroxylation is 1. The summed E-state index contributed by atoms with van der Waals surface area (Å²) in [4.78, 5) is 32.0. The summed E-state index contributed by atoms with van der Waals surface area (Å²) in [6.07, 6.45) is 2.95. The van der Waals surface area contributed by atoms with Gasteiger partial charge in [-0.05, 0) is 24.6 Å². The van der Waals surface area contributed by atoms with E-state index in [4.69, 9.17) is 4.74 Å². The van der Waals surface area contributed by atoms with Crippen molar-refractivity contribution in [3.63, 3.8) is 0 Å². The number of amides is 1. The number of nitrogens with one attached hydrogen (secondary N) is 1. The van der Waals surface area contributed by atoms with Gasteiger partial charge in [-0.3, -0.25) is 14.6 Å². The minimum absolute atomic E-state index is 0.0309. The molecule has 0 unspecified atom stereocenters. The lowest BCUT2D eigenvalue weighted by Crippen LogP contribution is -2.31. The van der Waals surface area contributed by atoms with Crippen LogP contribution >= 0.6 is 15.9 Å². The molecule has 0 saturated carbocycles. The number of carbonyl (C=O) groups is 2. The Morgan fingerprint density at radius 3 is 2.48 bits per heavy atom. The first-order valence-corrected chi connectivity index (χ1v) is 7.70. The summed E-state index contributed by atoms with van der Waals surface area (Å²) in [6.45, 7) is 1.79. The lowest BCUT2D eigenvalue weighted by molar-refractivity contribution is -0.141. The highest BCUT2D eigenvalue weighted by Crippen LogP contribution is 2.20. The van der Waals surface area contributed by atoms with Crippen LogP contribution < -0.4 is 5.32 Å². The molecule has 1 aromatic heterocycles. The summed E-state index contributed by atoms with van der Waals surface area (Å²) in [5.41, 5.74) is 1.72. The van der Waals surface area contributed by atoms with Gasteiger partial charge in [-0.2, -0.15) is 0 Å². The third-order valence-electron chi connectivity index (χ3n) is 3.19. The van der Waals surface area contributed by atoms with Crippen molar-refractivity contribution in [3.05, 3.63) is 58.1 Å². The molecule has 23 heavy (non-hydrogen) atoms. The molecule has 0 fully saturated rings. The van der Waals surface area contributed by atoms with Gasteiger partial charge in [-0.1, -0.05) is 28.1 Å². The molecule has 0 radical (unpaired) electrons. The second-order valence-electron chi connectivity index (χ2n) is 4.90. The number of benzene rings is 1. The van der Waals surface area contributed by atoms with Crippen molar-refractivity contribution >= 4 is 27.8 Å². The van der Waals surface area contributed by atoms with Crippen molar-refractivity contribution in [2.24, 2.45) is 0 Å². The number of carbonyl (C=O) groups excluding carboxylic acids is 2. The Hall–Kier alpha value is -2.28. The predicted octanol–water partition coefficient (Wildman–Crippen LogP) is 2.58. The summed E-state index contributed by atoms with van der Waals surface area (Å²) in [6, 6.07) is 6.85. The number of rotatable bonds is 5. The number of ether oxygens (including phenoxy) is 1. The quantitative estimate of drug-likeness (QED) is 0.809. The molecule has 0 aliphatic carbocycles. The van der Waals surface area contributed by atoms with E-state index in [-0.39, 0.29) is 12.1 Å². The molecule has 2 aromatic rings. The third kappa shape index (κ3) is 4.85. The van der Waals surface area contributed by atoms with Crippen molar-refractivity contribution < 1.29 is 14.3 Å². The molecular formula is C16H16BrN3O3. The van der Waals surface area contributed by atoms with Gasteiger partial charge in [0.05, 0.1) is 31.5 Å². The zero-order chi connectivity index (χ0) is 16.8. The molecule has 1 aromatic carbocycles. The van der Waals surface area contributed by atoms with E-state index in [0.717, 1.165) is 15.7 Å². The molecule has 1 atom stereocenters. The third-order valence-corrected chi connectivity index (χ3v) is 3.72. The van der Waals surface area contributed by atoms with Crippen LogP contribution in [0.1, 0.15) is 34.2 Å². The van der Waals surface area contributed by atoms with Crippen LogP contribution in [0.5, 0.6) is 0 Å². The Morgan fingerprint density at radius 2 is 1.91 bits per heavy atom. The number of nitrogens with zero attached hydrogens (tertiary/aromatic N) is 2. The Kier molecular flexibility index (Phi) is 5.81. The molecule has 0 spiro atoms. The highest BCUT2D eigenvalue weighted by atomic mass is 79.9. The topological polar surface area (TPSA) is 81.2 Å². The zero-order valence-corrected chi connectivity index (χ0v) is 14.3. The lowest BCUT2D eigenvalue weighted by Gasteiger charge is -2.18. The fourth-order valence-electron chi connectivity index (χ4n) is 1.94. The highest BCUT2D eigenvalue weighted by molar-refractivity contribution is 9.10. The van der Waals surface area contributed by atoms with E-state index < -0.39 is 17.9 Å². The average molecular weight is 378 g/mol. The summed E-state index contributed by atoms with van der Waals surface area (Å²) in [7, 11) is 1.31. The molecule has 0 aliphatic rings. The molecule has 120 valence electrons. The maximum atomic E-state index is 12.3. The number of hydrogen-bond donors (Lipinski definition) is 1. The second-order valence-corrected chi connectivity index (χ2v) is 5.82. The largest absolute Gasteiger partial charge is 0.469 e. The van der Waals surface area contributed by atoms with E-state index in [1.807, 2.05) is 24.3 Å². The van der Waals surface area contributed by atoms with Crippen LogP contribution in [0, 0.1) is 6.92 Å². The smallest absolute Gasteiger partial charge is 0.307 e. The second kappa shape index (κ2) is 7.82. The number of hydrogen-bond acceptors (Lipinski definition) is 5. The molecule has 1 N–H and O–H groups in total. The standard InChI is InChI=1S/C16H16BrN3O3/c1-10-8-19-14(9-18-10)16(22)20-13(7-15(21)23-2)11-3-5-12(17)6-4-11/h3-6,8-9,13H,7H2,1-2H3,(H,20,22)/t13-/m1/s1. The van der Waals surface area contributed by atoms with Crippen molar-refractivity contribution in [2.75, 3.05) is 7.11 Å². The van der Waals surface area contributed by atoms with Gasteiger partial charge in [0.25, 0.3) is 5.91 Å². The first-order valence-electron chi connectivity index (χ1n) is 6.91. The number of aromatic nitrogens is 2. The SMILES string of the molecule is COC(=O)C[C@@H](NC(=O)c1cnc(C)cn1)c1ccc(Br)cc1. The summed E-state index contributed by atoms with van der Waals surface area (Å²) in [5.74, 6) is -0.803. The van der Waals surface area contributed by atoms with Gasteiger partial charge in [-0.15, -0.1) is 0 Å². The fourth-order valence-corrected chi connectivity index (χ4v) is 2.20. The minimum atomic E-state index is -0.508. The van der Waals surface area contributed by atoms with Crippen molar-refractivity contribution in [3.8, 4) is 0 Å². The van der Waals surface area contributed by atoms with Gasteiger partial charge >= 0.3 is 5.97 Å². The Bertz CT molecular complexity index is 687. The molecule has 1 amide bonds. The molecular weight excluding hydrogens is 362 g/mol. The molecule has 0 aliphatic heterocycles. The average Bonchev–Trinajstić information content (AvgIpc) is 2.55. The van der Waals surface area contributed by atoms with E-state index in [0.29, 0.717) is 0 Å². The van der Waals surface area contributed by atoms with Crippen molar-refractivity contribution in [1.82, 2.24) is 15.3 Å². The molecule has 0 saturated heterocycles. The van der Waals surface area contributed by atoms with Crippen molar-refractivity contribution in [1.29, 1.82) is 0 Å². The van der Waals surface area contributed by atoms with E-state index in [1.165, 1.54) is 19.5 Å². The molecule has 0 bridgehead atoms. The Morgan fingerprint density at radius 1 is 1.22 bits per heavy atom. The van der Waals surface area contributed by atoms with Crippen LogP contribution in [0.2, 0.25) is 0 Å². The predicted molar refractivity (Wildman–Crippen MR) is 87.8 cm³/mol. The maximum absolute atomic E-state index is 12.3. The Labute approximate surface area is 142 Å². The van der Waals surface area contributed by atoms with Gasteiger partial charge in [0.1, 0.15) is 5.69 Å². The van der Waals surface area contributed by atoms with Crippen molar-refractivity contribution in [2.45, 2.75) is 19.4 Å². The molecule has 7 heteroatoms. The molecule has 6 nitrogen and oxygen atoms in total. The Balaban J connectivity index is 2.19. The lowest BCUT2D eigenvalue weighted by atomic mass is 10.0. The van der Waals surface area contributed by atoms with Crippen LogP contribution in [-0.2, 0) is 9.53 Å². The first-order chi connectivity index (χ1) is 11.0. The number of methoxy groups -OCH3 is 1. The van der Waals surface area contributed by atoms with Crippen LogP contribution in [0.15, 0.2) is 41.1 Å². The van der Waals surface area contributed by atoms with Crippen LogP contribution in [-0.4, -0.2) is 29.0 Å². The van der Waals surface area contributed by atoms with Crippen LogP contribution in [0.4, 0.5) is 0 Å². The van der Waals surface area contributed by atoms with Gasteiger partial charge in [0.2, 0.25) is 0 Å². The van der Waals surface area contributed by atoms with Gasteiger partial charge < -0.3 is 10.1 Å². The monoisotopic (exact) mass is 377 g/mol. The minimum Gasteiger partial charge on any atom is -0.469 e. The maximum Gasteiger partial charge on any atom is 0.307 e. The highest BCUT2D eigenvalue weighted by Gasteiger charge is 2.20. The van der Waals surface area contributed by atoms with Gasteiger partial charge in [0, 0.05) is 10.7 Å². The zero-order valence-electron chi connectivity index (χ0n) is 12.7. The van der Waals surface area contributed by atoms with Crippen LogP contribution in [0.25, 0.3) is 0 Å². The molecule has 2 rings (SSSR count). The summed E-state index contributed by atoms with van der Waals surface area (Å²) >= 11 is 3.36. The van der Waals surface area contributed by atoms with E-state index in [1.54, 1.807) is 6.92 Å². The summed E-state index contributed by atoms with van der Waals surface area (Å²) in [5, 5.41) is 2.80. The molecule has 1 heterocycles. The first kappa shape index (κ1) is 17.1. The fraction of sp³-hybridized carbons (Fsp3) is 0.250. The van der Waals surface area contributed by atoms with E-state index in [2.05, 4.69) is 31.2 Å². The number of esters is 1. The van der Waals surface area contributed by atoms with Gasteiger partial charge in [0.15, 0.2) is 0 Å².